The number of rotatable bonds is 2. The normalized spacial score (nSPS) is 42.7. The van der Waals surface area contributed by atoms with Gasteiger partial charge in [-0.3, -0.25) is 0 Å². The van der Waals surface area contributed by atoms with Crippen molar-refractivity contribution in [1.82, 2.24) is 0 Å². The molecule has 0 amide bonds. The Hall–Kier alpha value is -0.0900. The van der Waals surface area contributed by atoms with Crippen molar-refractivity contribution < 1.29 is 13.5 Å². The van der Waals surface area contributed by atoms with Crippen molar-refractivity contribution >= 4 is 9.84 Å². The molecule has 4 heteroatoms. The summed E-state index contributed by atoms with van der Waals surface area (Å²) in [5.74, 6) is 0.496. The topological polar surface area (TPSA) is 54.4 Å². The molecule has 0 aromatic carbocycles. The Bertz CT molecular complexity index is 390. The molecule has 0 saturated heterocycles. The maximum Gasteiger partial charge on any atom is 0.150 e. The monoisotopic (exact) mass is 274 g/mol. The van der Waals surface area contributed by atoms with E-state index < -0.39 is 15.4 Å². The SMILES string of the molecule is CC1CCCCC1(O)C1CCCC(S(C)(=O)=O)C1. The van der Waals surface area contributed by atoms with Crippen LogP contribution >= 0.6 is 0 Å². The summed E-state index contributed by atoms with van der Waals surface area (Å²) < 4.78 is 23.4. The predicted molar refractivity (Wildman–Crippen MR) is 73.2 cm³/mol. The molecular formula is C14H26O3S. The van der Waals surface area contributed by atoms with Gasteiger partial charge in [0, 0.05) is 6.26 Å². The molecule has 1 N–H and O–H groups in total. The largest absolute Gasteiger partial charge is 0.389 e. The van der Waals surface area contributed by atoms with Crippen molar-refractivity contribution in [2.45, 2.75) is 69.1 Å². The van der Waals surface area contributed by atoms with Gasteiger partial charge in [-0.1, -0.05) is 26.2 Å². The predicted octanol–water partition coefficient (Wildman–Crippen LogP) is 2.53. The van der Waals surface area contributed by atoms with Crippen LogP contribution in [0.25, 0.3) is 0 Å². The van der Waals surface area contributed by atoms with Gasteiger partial charge in [-0.25, -0.2) is 8.42 Å². The molecule has 0 aromatic rings. The van der Waals surface area contributed by atoms with Crippen LogP contribution in [0.15, 0.2) is 0 Å². The van der Waals surface area contributed by atoms with Crippen LogP contribution in [0.1, 0.15) is 58.3 Å². The fourth-order valence-electron chi connectivity index (χ4n) is 3.95. The first-order chi connectivity index (χ1) is 8.34. The number of sulfone groups is 1. The van der Waals surface area contributed by atoms with E-state index in [1.54, 1.807) is 0 Å². The summed E-state index contributed by atoms with van der Waals surface area (Å²) >= 11 is 0. The summed E-state index contributed by atoms with van der Waals surface area (Å²) in [6, 6.07) is 0. The Balaban J connectivity index is 2.13. The van der Waals surface area contributed by atoms with Crippen molar-refractivity contribution in [3.63, 3.8) is 0 Å². The van der Waals surface area contributed by atoms with E-state index in [2.05, 4.69) is 6.92 Å². The highest BCUT2D eigenvalue weighted by Gasteiger charge is 2.45. The lowest BCUT2D eigenvalue weighted by Crippen LogP contribution is -2.49. The molecule has 106 valence electrons. The second-order valence-electron chi connectivity index (χ2n) is 6.45. The zero-order chi connectivity index (χ0) is 13.4. The van der Waals surface area contributed by atoms with Crippen LogP contribution in [0.2, 0.25) is 0 Å². The highest BCUT2D eigenvalue weighted by atomic mass is 32.2. The molecule has 3 nitrogen and oxygen atoms in total. The van der Waals surface area contributed by atoms with Gasteiger partial charge in [0.25, 0.3) is 0 Å². The van der Waals surface area contributed by atoms with Crippen LogP contribution < -0.4 is 0 Å². The molecule has 2 aliphatic carbocycles. The van der Waals surface area contributed by atoms with Gasteiger partial charge in [0.1, 0.15) is 9.84 Å². The van der Waals surface area contributed by atoms with Gasteiger partial charge in [0.2, 0.25) is 0 Å². The molecule has 2 aliphatic rings. The van der Waals surface area contributed by atoms with Crippen LogP contribution in [0, 0.1) is 11.8 Å². The first-order valence-electron chi connectivity index (χ1n) is 7.25. The minimum absolute atomic E-state index is 0.182. The van der Waals surface area contributed by atoms with E-state index in [0.717, 1.165) is 38.5 Å². The lowest BCUT2D eigenvalue weighted by Gasteiger charge is -2.46. The van der Waals surface area contributed by atoms with Crippen molar-refractivity contribution in [3.8, 4) is 0 Å². The van der Waals surface area contributed by atoms with Gasteiger partial charge < -0.3 is 5.11 Å². The smallest absolute Gasteiger partial charge is 0.150 e. The highest BCUT2D eigenvalue weighted by molar-refractivity contribution is 7.91. The second-order valence-corrected chi connectivity index (χ2v) is 8.78. The lowest BCUT2D eigenvalue weighted by molar-refractivity contribution is -0.0983. The molecule has 2 fully saturated rings. The average molecular weight is 274 g/mol. The molecule has 0 aliphatic heterocycles. The van der Waals surface area contributed by atoms with E-state index in [-0.39, 0.29) is 11.2 Å². The third-order valence-corrected chi connectivity index (χ3v) is 6.90. The quantitative estimate of drug-likeness (QED) is 0.842. The summed E-state index contributed by atoms with van der Waals surface area (Å²) in [6.07, 6.45) is 8.94. The van der Waals surface area contributed by atoms with E-state index in [0.29, 0.717) is 12.3 Å². The van der Waals surface area contributed by atoms with Gasteiger partial charge >= 0.3 is 0 Å². The zero-order valence-electron chi connectivity index (χ0n) is 11.6. The van der Waals surface area contributed by atoms with E-state index in [1.807, 2.05) is 0 Å². The van der Waals surface area contributed by atoms with Gasteiger partial charge in [0.15, 0.2) is 0 Å². The van der Waals surface area contributed by atoms with Crippen LogP contribution in [-0.4, -0.2) is 30.6 Å². The lowest BCUT2D eigenvalue weighted by atomic mass is 9.65. The molecule has 0 aromatic heterocycles. The second kappa shape index (κ2) is 5.12. The molecule has 2 saturated carbocycles. The summed E-state index contributed by atoms with van der Waals surface area (Å²) in [7, 11) is -2.95. The first kappa shape index (κ1) is 14.3. The molecule has 2 rings (SSSR count). The van der Waals surface area contributed by atoms with Crippen LogP contribution in [0.4, 0.5) is 0 Å². The molecule has 0 spiro atoms. The van der Waals surface area contributed by atoms with Crippen LogP contribution in [0.5, 0.6) is 0 Å². The highest BCUT2D eigenvalue weighted by Crippen LogP contribution is 2.45. The molecular weight excluding hydrogens is 248 g/mol. The number of hydrogen-bond donors (Lipinski definition) is 1. The summed E-state index contributed by atoms with van der Waals surface area (Å²) in [4.78, 5) is 0. The first-order valence-corrected chi connectivity index (χ1v) is 9.20. The van der Waals surface area contributed by atoms with E-state index >= 15 is 0 Å². The molecule has 0 radical (unpaired) electrons. The molecule has 0 heterocycles. The van der Waals surface area contributed by atoms with E-state index in [4.69, 9.17) is 0 Å². The van der Waals surface area contributed by atoms with Gasteiger partial charge in [-0.2, -0.15) is 0 Å². The van der Waals surface area contributed by atoms with Gasteiger partial charge in [-0.15, -0.1) is 0 Å². The van der Waals surface area contributed by atoms with Crippen LogP contribution in [0.3, 0.4) is 0 Å². The summed E-state index contributed by atoms with van der Waals surface area (Å²) in [5, 5.41) is 10.7. The van der Waals surface area contributed by atoms with Crippen molar-refractivity contribution in [2.75, 3.05) is 6.26 Å². The summed E-state index contributed by atoms with van der Waals surface area (Å²) in [6.45, 7) is 2.13. The Labute approximate surface area is 111 Å². The fourth-order valence-corrected chi connectivity index (χ4v) is 5.13. The minimum atomic E-state index is -2.95. The Morgan fingerprint density at radius 1 is 1.11 bits per heavy atom. The Morgan fingerprint density at radius 2 is 1.83 bits per heavy atom. The number of aliphatic hydroxyl groups is 1. The Morgan fingerprint density at radius 3 is 2.44 bits per heavy atom. The van der Waals surface area contributed by atoms with Crippen molar-refractivity contribution in [2.24, 2.45) is 11.8 Å². The van der Waals surface area contributed by atoms with Gasteiger partial charge in [0.05, 0.1) is 10.9 Å². The minimum Gasteiger partial charge on any atom is -0.389 e. The molecule has 4 atom stereocenters. The zero-order valence-corrected chi connectivity index (χ0v) is 12.4. The summed E-state index contributed by atoms with van der Waals surface area (Å²) in [5.41, 5.74) is -0.610. The van der Waals surface area contributed by atoms with E-state index in [9.17, 15) is 13.5 Å². The van der Waals surface area contributed by atoms with Crippen molar-refractivity contribution in [3.05, 3.63) is 0 Å². The fraction of sp³-hybridized carbons (Fsp3) is 1.00. The van der Waals surface area contributed by atoms with Gasteiger partial charge in [-0.05, 0) is 43.9 Å². The third-order valence-electron chi connectivity index (χ3n) is 5.26. The maximum absolute atomic E-state index is 11.7. The molecule has 4 unspecified atom stereocenters. The third kappa shape index (κ3) is 2.74. The molecule has 0 bridgehead atoms. The molecule has 18 heavy (non-hydrogen) atoms. The average Bonchev–Trinajstić information content (AvgIpc) is 2.32. The maximum atomic E-state index is 11.7. The Kier molecular flexibility index (Phi) is 4.07. The van der Waals surface area contributed by atoms with Crippen molar-refractivity contribution in [1.29, 1.82) is 0 Å². The number of hydrogen-bond acceptors (Lipinski definition) is 3. The van der Waals surface area contributed by atoms with E-state index in [1.165, 1.54) is 12.7 Å². The standard InChI is InChI=1S/C14H26O3S/c1-11-6-3-4-9-14(11,15)12-7-5-8-13(10-12)18(2,16)17/h11-13,15H,3-10H2,1-2H3. The van der Waals surface area contributed by atoms with Crippen LogP contribution in [-0.2, 0) is 9.84 Å².